The van der Waals surface area contributed by atoms with Crippen LogP contribution < -0.4 is 24.8 Å². The molecule has 0 radical (unpaired) electrons. The number of hydrogen-bond acceptors (Lipinski definition) is 4. The minimum atomic E-state index is 0.499. The molecule has 0 saturated carbocycles. The zero-order valence-electron chi connectivity index (χ0n) is 14.6. The predicted octanol–water partition coefficient (Wildman–Crippen LogP) is 4.16. The molecule has 2 N–H and O–H groups in total. The van der Waals surface area contributed by atoms with E-state index >= 15 is 0 Å². The van der Waals surface area contributed by atoms with Crippen LogP contribution in [0.15, 0.2) is 30.3 Å². The predicted molar refractivity (Wildman–Crippen MR) is 105 cm³/mol. The van der Waals surface area contributed by atoms with E-state index in [9.17, 15) is 0 Å². The molecule has 0 atom stereocenters. The van der Waals surface area contributed by atoms with Crippen LogP contribution in [0.1, 0.15) is 11.1 Å². The molecule has 0 aromatic heterocycles. The molecule has 0 spiro atoms. The van der Waals surface area contributed by atoms with E-state index < -0.39 is 0 Å². The van der Waals surface area contributed by atoms with Crippen molar-refractivity contribution in [2.75, 3.05) is 26.6 Å². The quantitative estimate of drug-likeness (QED) is 0.734. The van der Waals surface area contributed by atoms with E-state index in [-0.39, 0.29) is 0 Å². The Labute approximate surface area is 158 Å². The highest BCUT2D eigenvalue weighted by Crippen LogP contribution is 2.38. The second-order valence-corrected chi connectivity index (χ2v) is 6.07. The van der Waals surface area contributed by atoms with Gasteiger partial charge in [-0.25, -0.2) is 0 Å². The second-order valence-electron chi connectivity index (χ2n) is 5.25. The van der Waals surface area contributed by atoms with E-state index in [1.54, 1.807) is 21.3 Å². The summed E-state index contributed by atoms with van der Waals surface area (Å²) in [6.45, 7) is 2.44. The lowest BCUT2D eigenvalue weighted by Crippen LogP contribution is -2.28. The molecular weight excluding hydrogens is 360 g/mol. The Balaban J connectivity index is 2.08. The van der Waals surface area contributed by atoms with E-state index in [2.05, 4.69) is 10.6 Å². The summed E-state index contributed by atoms with van der Waals surface area (Å²) < 4.78 is 16.0. The van der Waals surface area contributed by atoms with Crippen LogP contribution in [0.2, 0.25) is 5.02 Å². The molecule has 0 aliphatic heterocycles. The van der Waals surface area contributed by atoms with E-state index in [4.69, 9.17) is 38.0 Å². The summed E-state index contributed by atoms with van der Waals surface area (Å²) >= 11 is 11.5. The normalized spacial score (nSPS) is 10.1. The van der Waals surface area contributed by atoms with Gasteiger partial charge in [-0.05, 0) is 54.5 Å². The lowest BCUT2D eigenvalue weighted by Gasteiger charge is -2.16. The van der Waals surface area contributed by atoms with Crippen molar-refractivity contribution >= 4 is 34.6 Å². The molecule has 0 amide bonds. The zero-order valence-corrected chi connectivity index (χ0v) is 16.2. The van der Waals surface area contributed by atoms with Gasteiger partial charge in [-0.1, -0.05) is 17.7 Å². The Kier molecular flexibility index (Phi) is 6.73. The maximum absolute atomic E-state index is 6.12. The van der Waals surface area contributed by atoms with Crippen LogP contribution in [0.4, 0.5) is 5.69 Å². The maximum Gasteiger partial charge on any atom is 0.203 e. The number of benzene rings is 2. The molecule has 0 aliphatic rings. The van der Waals surface area contributed by atoms with Crippen LogP contribution in [0.5, 0.6) is 17.2 Å². The molecule has 0 bridgehead atoms. The summed E-state index contributed by atoms with van der Waals surface area (Å²) in [4.78, 5) is 0. The van der Waals surface area contributed by atoms with E-state index in [0.717, 1.165) is 16.8 Å². The van der Waals surface area contributed by atoms with Crippen LogP contribution in [-0.4, -0.2) is 26.4 Å². The number of hydrogen-bond donors (Lipinski definition) is 2. The summed E-state index contributed by atoms with van der Waals surface area (Å²) in [6.07, 6.45) is 0. The first-order valence-electron chi connectivity index (χ1n) is 7.59. The Hall–Kier alpha value is -2.18. The van der Waals surface area contributed by atoms with Gasteiger partial charge in [0.25, 0.3) is 0 Å². The number of rotatable bonds is 6. The molecular formula is C18H21ClN2O3S. The van der Waals surface area contributed by atoms with Crippen molar-refractivity contribution in [3.05, 3.63) is 46.5 Å². The number of nitrogens with one attached hydrogen (secondary N) is 2. The van der Waals surface area contributed by atoms with Crippen molar-refractivity contribution in [1.82, 2.24) is 5.32 Å². The molecule has 25 heavy (non-hydrogen) atoms. The van der Waals surface area contributed by atoms with Gasteiger partial charge < -0.3 is 24.8 Å². The molecule has 0 unspecified atom stereocenters. The van der Waals surface area contributed by atoms with Crippen molar-refractivity contribution in [2.45, 2.75) is 13.5 Å². The van der Waals surface area contributed by atoms with Crippen LogP contribution >= 0.6 is 23.8 Å². The average molecular weight is 381 g/mol. The van der Waals surface area contributed by atoms with Gasteiger partial charge in [0.05, 0.1) is 21.3 Å². The van der Waals surface area contributed by atoms with Crippen molar-refractivity contribution in [3.63, 3.8) is 0 Å². The van der Waals surface area contributed by atoms with Crippen molar-refractivity contribution in [1.29, 1.82) is 0 Å². The minimum Gasteiger partial charge on any atom is -0.493 e. The third-order valence-electron chi connectivity index (χ3n) is 3.69. The summed E-state index contributed by atoms with van der Waals surface area (Å²) in [5, 5.41) is 7.50. The molecule has 0 aliphatic carbocycles. The summed E-state index contributed by atoms with van der Waals surface area (Å²) in [7, 11) is 4.75. The molecule has 134 valence electrons. The number of methoxy groups -OCH3 is 3. The third kappa shape index (κ3) is 4.67. The van der Waals surface area contributed by atoms with Gasteiger partial charge in [0.1, 0.15) is 0 Å². The van der Waals surface area contributed by atoms with E-state index in [1.165, 1.54) is 0 Å². The fourth-order valence-electron chi connectivity index (χ4n) is 2.33. The Morgan fingerprint density at radius 3 is 2.28 bits per heavy atom. The largest absolute Gasteiger partial charge is 0.493 e. The highest BCUT2D eigenvalue weighted by molar-refractivity contribution is 7.80. The highest BCUT2D eigenvalue weighted by Gasteiger charge is 2.13. The first-order valence-corrected chi connectivity index (χ1v) is 8.37. The first kappa shape index (κ1) is 19.1. The minimum absolute atomic E-state index is 0.499. The van der Waals surface area contributed by atoms with Gasteiger partial charge in [-0.15, -0.1) is 0 Å². The monoisotopic (exact) mass is 380 g/mol. The molecule has 2 aromatic carbocycles. The molecule has 2 rings (SSSR count). The van der Waals surface area contributed by atoms with Crippen LogP contribution in [0.25, 0.3) is 0 Å². The van der Waals surface area contributed by atoms with Crippen LogP contribution in [0, 0.1) is 6.92 Å². The van der Waals surface area contributed by atoms with E-state index in [0.29, 0.717) is 33.9 Å². The fourth-order valence-corrected chi connectivity index (χ4v) is 2.69. The van der Waals surface area contributed by atoms with Gasteiger partial charge in [0.15, 0.2) is 16.6 Å². The Morgan fingerprint density at radius 1 is 1.08 bits per heavy atom. The Morgan fingerprint density at radius 2 is 1.72 bits per heavy atom. The molecule has 0 saturated heterocycles. The van der Waals surface area contributed by atoms with Crippen molar-refractivity contribution in [3.8, 4) is 17.2 Å². The van der Waals surface area contributed by atoms with Gasteiger partial charge >= 0.3 is 0 Å². The number of ether oxygens (including phenoxy) is 3. The lowest BCUT2D eigenvalue weighted by atomic mass is 10.2. The molecule has 7 heteroatoms. The molecule has 2 aromatic rings. The van der Waals surface area contributed by atoms with Crippen molar-refractivity contribution < 1.29 is 14.2 Å². The smallest absolute Gasteiger partial charge is 0.203 e. The summed E-state index contributed by atoms with van der Waals surface area (Å²) in [5.74, 6) is 1.76. The van der Waals surface area contributed by atoms with Gasteiger partial charge in [-0.3, -0.25) is 0 Å². The number of halogens is 1. The summed E-state index contributed by atoms with van der Waals surface area (Å²) in [6, 6.07) is 9.39. The maximum atomic E-state index is 6.12. The third-order valence-corrected chi connectivity index (χ3v) is 4.35. The molecule has 0 heterocycles. The lowest BCUT2D eigenvalue weighted by molar-refractivity contribution is 0.323. The standard InChI is InChI=1S/C18H21ClN2O3S/c1-11-13(19)6-5-7-14(11)21-18(25)20-10-12-8-15(22-2)17(24-4)16(9-12)23-3/h5-9H,10H2,1-4H3,(H2,20,21,25). The van der Waals surface area contributed by atoms with Gasteiger partial charge in [0.2, 0.25) is 5.75 Å². The summed E-state index contributed by atoms with van der Waals surface area (Å²) in [5.41, 5.74) is 2.76. The number of thiocarbonyl (C=S) groups is 1. The fraction of sp³-hybridized carbons (Fsp3) is 0.278. The zero-order chi connectivity index (χ0) is 18.4. The van der Waals surface area contributed by atoms with E-state index in [1.807, 2.05) is 37.3 Å². The second kappa shape index (κ2) is 8.78. The van der Waals surface area contributed by atoms with Gasteiger partial charge in [-0.2, -0.15) is 0 Å². The average Bonchev–Trinajstić information content (AvgIpc) is 2.62. The topological polar surface area (TPSA) is 51.8 Å². The number of anilines is 1. The molecule has 0 fully saturated rings. The van der Waals surface area contributed by atoms with Crippen molar-refractivity contribution in [2.24, 2.45) is 0 Å². The van der Waals surface area contributed by atoms with Gasteiger partial charge in [0, 0.05) is 17.3 Å². The first-order chi connectivity index (χ1) is 12.0. The highest BCUT2D eigenvalue weighted by atomic mass is 35.5. The van der Waals surface area contributed by atoms with Crippen LogP contribution in [0.3, 0.4) is 0 Å². The Bertz CT molecular complexity index is 743. The SMILES string of the molecule is COc1cc(CNC(=S)Nc2cccc(Cl)c2C)cc(OC)c1OC. The van der Waals surface area contributed by atoms with Crippen LogP contribution in [-0.2, 0) is 6.54 Å². The molecule has 5 nitrogen and oxygen atoms in total.